The quantitative estimate of drug-likeness (QED) is 0.0903. The lowest BCUT2D eigenvalue weighted by molar-refractivity contribution is 1.10. The normalized spacial score (nSPS) is 12.4. The van der Waals surface area contributed by atoms with E-state index in [0.29, 0.717) is 0 Å². The molecule has 52 heavy (non-hydrogen) atoms. The summed E-state index contributed by atoms with van der Waals surface area (Å²) in [6.07, 6.45) is 5.50. The van der Waals surface area contributed by atoms with Crippen LogP contribution in [0, 0.1) is 0 Å². The van der Waals surface area contributed by atoms with Crippen molar-refractivity contribution in [1.82, 2.24) is 0 Å². The van der Waals surface area contributed by atoms with Gasteiger partial charge in [-0.3, -0.25) is 0 Å². The summed E-state index contributed by atoms with van der Waals surface area (Å²) in [6, 6.07) is 59.6. The van der Waals surface area contributed by atoms with Crippen molar-refractivity contribution < 1.29 is 0 Å². The van der Waals surface area contributed by atoms with Gasteiger partial charge in [-0.1, -0.05) is 140 Å². The first kappa shape index (κ1) is 31.6. The molecule has 0 saturated heterocycles. The molecule has 0 radical (unpaired) electrons. The standard InChI is InChI=1S/C50H40N2/c1-4-35(36-28-30-40(31-29-36)52(39-18-6-5-7-19-39)48-25-12-15-37-14-8-9-20-41(37)48)27-26-34(2)51(3)47-33-32-45-43-22-11-17-38-16-10-21-42(49(38)43)44-23-13-24-46(47)50(44)45/h5-33H,4H2,1-3H3/b34-26+,35-27+. The maximum atomic E-state index is 2.36. The highest BCUT2D eigenvalue weighted by Gasteiger charge is 2.17. The Bertz CT molecular complexity index is 2740. The Hall–Kier alpha value is -6.38. The van der Waals surface area contributed by atoms with Crippen molar-refractivity contribution in [3.8, 4) is 0 Å². The molecule has 0 atom stereocenters. The highest BCUT2D eigenvalue weighted by Crippen LogP contribution is 2.43. The van der Waals surface area contributed by atoms with Crippen molar-refractivity contribution in [3.05, 3.63) is 187 Å². The van der Waals surface area contributed by atoms with Crippen LogP contribution in [0.1, 0.15) is 25.8 Å². The second-order valence-corrected chi connectivity index (χ2v) is 13.7. The Balaban J connectivity index is 1.06. The Kier molecular flexibility index (Phi) is 7.94. The molecule has 0 bridgehead atoms. The lowest BCUT2D eigenvalue weighted by Gasteiger charge is -2.27. The van der Waals surface area contributed by atoms with Gasteiger partial charge in [0, 0.05) is 40.6 Å². The minimum Gasteiger partial charge on any atom is -0.348 e. The molecule has 0 spiro atoms. The average Bonchev–Trinajstić information content (AvgIpc) is 3.20. The van der Waals surface area contributed by atoms with Crippen molar-refractivity contribution in [2.45, 2.75) is 20.3 Å². The number of hydrogen-bond donors (Lipinski definition) is 0. The molecule has 250 valence electrons. The van der Waals surface area contributed by atoms with Crippen molar-refractivity contribution in [2.75, 3.05) is 16.8 Å². The highest BCUT2D eigenvalue weighted by molar-refractivity contribution is 6.34. The van der Waals surface area contributed by atoms with Gasteiger partial charge in [-0.25, -0.2) is 0 Å². The zero-order chi connectivity index (χ0) is 35.2. The molecule has 0 amide bonds. The first-order valence-corrected chi connectivity index (χ1v) is 18.2. The lowest BCUT2D eigenvalue weighted by Crippen LogP contribution is -2.14. The summed E-state index contributed by atoms with van der Waals surface area (Å²) in [4.78, 5) is 4.69. The van der Waals surface area contributed by atoms with E-state index in [4.69, 9.17) is 0 Å². The van der Waals surface area contributed by atoms with Gasteiger partial charge in [-0.2, -0.15) is 0 Å². The number of allylic oxidation sites excluding steroid dienone is 4. The average molecular weight is 669 g/mol. The molecule has 0 N–H and O–H groups in total. The summed E-state index contributed by atoms with van der Waals surface area (Å²) in [7, 11) is 2.19. The van der Waals surface area contributed by atoms with Gasteiger partial charge in [0.25, 0.3) is 0 Å². The number of fused-ring (bicyclic) bond motifs is 3. The zero-order valence-corrected chi connectivity index (χ0v) is 29.8. The predicted octanol–water partition coefficient (Wildman–Crippen LogP) is 14.2. The van der Waals surface area contributed by atoms with E-state index in [1.54, 1.807) is 0 Å². The summed E-state index contributed by atoms with van der Waals surface area (Å²) >= 11 is 0. The van der Waals surface area contributed by atoms with Crippen molar-refractivity contribution in [3.63, 3.8) is 0 Å². The van der Waals surface area contributed by atoms with E-state index < -0.39 is 0 Å². The first-order chi connectivity index (χ1) is 25.6. The first-order valence-electron chi connectivity index (χ1n) is 18.2. The molecule has 9 aromatic carbocycles. The molecule has 0 heterocycles. The molecule has 0 aliphatic rings. The molecule has 9 aromatic rings. The van der Waals surface area contributed by atoms with Gasteiger partial charge in [0.05, 0.1) is 5.69 Å². The van der Waals surface area contributed by atoms with E-state index in [2.05, 4.69) is 207 Å². The second-order valence-electron chi connectivity index (χ2n) is 13.7. The summed E-state index contributed by atoms with van der Waals surface area (Å²) in [5, 5.41) is 13.0. The summed E-state index contributed by atoms with van der Waals surface area (Å²) in [5.74, 6) is 0. The second kappa shape index (κ2) is 13.1. The van der Waals surface area contributed by atoms with Crippen LogP contribution in [-0.4, -0.2) is 7.05 Å². The zero-order valence-electron chi connectivity index (χ0n) is 29.8. The molecular weight excluding hydrogens is 629 g/mol. The Labute approximate surface area is 305 Å². The summed E-state index contributed by atoms with van der Waals surface area (Å²) < 4.78 is 0. The van der Waals surface area contributed by atoms with Gasteiger partial charge in [-0.15, -0.1) is 0 Å². The van der Waals surface area contributed by atoms with Crippen LogP contribution >= 0.6 is 0 Å². The van der Waals surface area contributed by atoms with E-state index in [9.17, 15) is 0 Å². The fourth-order valence-electron chi connectivity index (χ4n) is 8.10. The van der Waals surface area contributed by atoms with Crippen LogP contribution in [0.4, 0.5) is 22.7 Å². The Morgan fingerprint density at radius 1 is 0.462 bits per heavy atom. The Morgan fingerprint density at radius 2 is 1.02 bits per heavy atom. The van der Waals surface area contributed by atoms with Crippen LogP contribution in [0.2, 0.25) is 0 Å². The monoisotopic (exact) mass is 668 g/mol. The van der Waals surface area contributed by atoms with Crippen molar-refractivity contribution in [2.24, 2.45) is 0 Å². The SMILES string of the molecule is CC/C(=C\C=C(/C)N(C)c1ccc2c3cccc4cccc(c5cccc1c52)c43)c1ccc(N(c2ccccc2)c2cccc3ccccc23)cc1. The van der Waals surface area contributed by atoms with Crippen LogP contribution in [-0.2, 0) is 0 Å². The van der Waals surface area contributed by atoms with Crippen LogP contribution in [0.5, 0.6) is 0 Å². The largest absolute Gasteiger partial charge is 0.348 e. The third-order valence-corrected chi connectivity index (χ3v) is 10.8. The van der Waals surface area contributed by atoms with Crippen LogP contribution in [0.3, 0.4) is 0 Å². The molecule has 0 aliphatic carbocycles. The lowest BCUT2D eigenvalue weighted by atomic mass is 9.89. The Morgan fingerprint density at radius 3 is 1.77 bits per heavy atom. The van der Waals surface area contributed by atoms with E-state index in [-0.39, 0.29) is 0 Å². The minimum atomic E-state index is 0.935. The third-order valence-electron chi connectivity index (χ3n) is 10.8. The number of benzene rings is 9. The van der Waals surface area contributed by atoms with E-state index in [0.717, 1.165) is 17.8 Å². The molecule has 0 aliphatic heterocycles. The number of anilines is 4. The van der Waals surface area contributed by atoms with Gasteiger partial charge in [0.15, 0.2) is 0 Å². The molecule has 9 rings (SSSR count). The van der Waals surface area contributed by atoms with Gasteiger partial charge in [-0.05, 0) is 110 Å². The topological polar surface area (TPSA) is 6.48 Å². The van der Waals surface area contributed by atoms with Crippen LogP contribution in [0.15, 0.2) is 182 Å². The summed E-state index contributed by atoms with van der Waals surface area (Å²) in [5.41, 5.74) is 8.38. The maximum Gasteiger partial charge on any atom is 0.0540 e. The molecule has 2 nitrogen and oxygen atoms in total. The van der Waals surface area contributed by atoms with Gasteiger partial charge in [0.1, 0.15) is 0 Å². The molecule has 0 aromatic heterocycles. The fourth-order valence-corrected chi connectivity index (χ4v) is 8.10. The molecular formula is C50H40N2. The fraction of sp³-hybridized carbons (Fsp3) is 0.0800. The van der Waals surface area contributed by atoms with Crippen molar-refractivity contribution in [1.29, 1.82) is 0 Å². The predicted molar refractivity (Wildman–Crippen MR) is 227 cm³/mol. The smallest absolute Gasteiger partial charge is 0.0540 e. The maximum absolute atomic E-state index is 2.36. The molecule has 0 saturated carbocycles. The van der Waals surface area contributed by atoms with E-state index in [1.165, 1.54) is 82.1 Å². The third kappa shape index (κ3) is 5.27. The van der Waals surface area contributed by atoms with Crippen molar-refractivity contribution >= 4 is 82.2 Å². The van der Waals surface area contributed by atoms with E-state index in [1.807, 2.05) is 0 Å². The number of rotatable bonds is 8. The number of para-hydroxylation sites is 1. The van der Waals surface area contributed by atoms with Gasteiger partial charge < -0.3 is 9.80 Å². The van der Waals surface area contributed by atoms with Gasteiger partial charge >= 0.3 is 0 Å². The summed E-state index contributed by atoms with van der Waals surface area (Å²) in [6.45, 7) is 4.45. The van der Waals surface area contributed by atoms with Crippen LogP contribution in [0.25, 0.3) is 59.4 Å². The minimum absolute atomic E-state index is 0.935. The van der Waals surface area contributed by atoms with Gasteiger partial charge in [0.2, 0.25) is 0 Å². The highest BCUT2D eigenvalue weighted by atomic mass is 15.1. The molecule has 0 unspecified atom stereocenters. The number of nitrogens with zero attached hydrogens (tertiary/aromatic N) is 2. The van der Waals surface area contributed by atoms with E-state index >= 15 is 0 Å². The van der Waals surface area contributed by atoms with Crippen LogP contribution < -0.4 is 9.80 Å². The molecule has 0 fully saturated rings. The molecule has 2 heteroatoms. The number of hydrogen-bond acceptors (Lipinski definition) is 2.